The number of halogens is 1. The Kier molecular flexibility index (Phi) is 6.14. The van der Waals surface area contributed by atoms with Crippen LogP contribution >= 0.6 is 15.9 Å². The summed E-state index contributed by atoms with van der Waals surface area (Å²) >= 11 is 3.55. The van der Waals surface area contributed by atoms with Gasteiger partial charge in [-0.3, -0.25) is 4.79 Å². The fourth-order valence-electron chi connectivity index (χ4n) is 4.52. The highest BCUT2D eigenvalue weighted by molar-refractivity contribution is 9.10. The Labute approximate surface area is 185 Å². The van der Waals surface area contributed by atoms with Crippen LogP contribution in [0.2, 0.25) is 0 Å². The van der Waals surface area contributed by atoms with Gasteiger partial charge in [0.15, 0.2) is 0 Å². The SMILES string of the molecule is CCC(=O)N1c2ccc(Br)cc2C(NC(=O)OCc2ccccc2)[C@@H](C)C1C1CC1. The van der Waals surface area contributed by atoms with Gasteiger partial charge in [0.25, 0.3) is 0 Å². The largest absolute Gasteiger partial charge is 0.445 e. The van der Waals surface area contributed by atoms with Crippen molar-refractivity contribution >= 4 is 33.6 Å². The first-order valence-corrected chi connectivity index (χ1v) is 11.4. The van der Waals surface area contributed by atoms with Crippen molar-refractivity contribution < 1.29 is 14.3 Å². The molecular formula is C24H27BrN2O3. The number of alkyl carbamates (subject to hydrolysis) is 1. The Morgan fingerprint density at radius 2 is 1.90 bits per heavy atom. The van der Waals surface area contributed by atoms with E-state index in [0.717, 1.165) is 34.1 Å². The highest BCUT2D eigenvalue weighted by atomic mass is 79.9. The van der Waals surface area contributed by atoms with E-state index < -0.39 is 6.09 Å². The van der Waals surface area contributed by atoms with Gasteiger partial charge in [-0.05, 0) is 48.1 Å². The molecule has 2 amide bonds. The number of rotatable bonds is 5. The number of anilines is 1. The molecule has 5 nitrogen and oxygen atoms in total. The van der Waals surface area contributed by atoms with Crippen molar-refractivity contribution in [3.63, 3.8) is 0 Å². The molecule has 2 unspecified atom stereocenters. The van der Waals surface area contributed by atoms with Crippen molar-refractivity contribution in [3.8, 4) is 0 Å². The average molecular weight is 471 g/mol. The fourth-order valence-corrected chi connectivity index (χ4v) is 4.90. The van der Waals surface area contributed by atoms with E-state index in [4.69, 9.17) is 4.74 Å². The van der Waals surface area contributed by atoms with Crippen LogP contribution in [0, 0.1) is 11.8 Å². The first kappa shape index (κ1) is 20.9. The molecule has 2 aromatic rings. The molecule has 158 valence electrons. The molecule has 1 saturated carbocycles. The van der Waals surface area contributed by atoms with Crippen molar-refractivity contribution in [1.82, 2.24) is 5.32 Å². The quantitative estimate of drug-likeness (QED) is 0.619. The van der Waals surface area contributed by atoms with Crippen molar-refractivity contribution in [3.05, 3.63) is 64.1 Å². The maximum atomic E-state index is 12.9. The van der Waals surface area contributed by atoms with E-state index in [-0.39, 0.29) is 30.5 Å². The van der Waals surface area contributed by atoms with E-state index in [1.807, 2.05) is 60.4 Å². The van der Waals surface area contributed by atoms with Crippen LogP contribution in [-0.4, -0.2) is 18.0 Å². The molecule has 30 heavy (non-hydrogen) atoms. The second-order valence-corrected chi connectivity index (χ2v) is 9.11. The smallest absolute Gasteiger partial charge is 0.407 e. The number of nitrogens with one attached hydrogen (secondary N) is 1. The molecule has 0 spiro atoms. The fraction of sp³-hybridized carbons (Fsp3) is 0.417. The third kappa shape index (κ3) is 4.24. The second kappa shape index (κ2) is 8.80. The number of hydrogen-bond donors (Lipinski definition) is 1. The predicted octanol–water partition coefficient (Wildman–Crippen LogP) is 5.59. The van der Waals surface area contributed by atoms with Crippen molar-refractivity contribution in [2.75, 3.05) is 4.90 Å². The van der Waals surface area contributed by atoms with Crippen LogP contribution in [0.4, 0.5) is 10.5 Å². The van der Waals surface area contributed by atoms with Gasteiger partial charge in [-0.25, -0.2) is 4.79 Å². The molecular weight excluding hydrogens is 444 g/mol. The summed E-state index contributed by atoms with van der Waals surface area (Å²) in [4.78, 5) is 27.5. The summed E-state index contributed by atoms with van der Waals surface area (Å²) in [7, 11) is 0. The molecule has 3 atom stereocenters. The third-order valence-electron chi connectivity index (χ3n) is 6.11. The van der Waals surface area contributed by atoms with Gasteiger partial charge < -0.3 is 15.0 Å². The number of carbonyl (C=O) groups excluding carboxylic acids is 2. The Hall–Kier alpha value is -2.34. The van der Waals surface area contributed by atoms with Gasteiger partial charge in [0.05, 0.1) is 6.04 Å². The maximum Gasteiger partial charge on any atom is 0.407 e. The van der Waals surface area contributed by atoms with Crippen molar-refractivity contribution in [2.24, 2.45) is 11.8 Å². The van der Waals surface area contributed by atoms with E-state index in [9.17, 15) is 9.59 Å². The van der Waals surface area contributed by atoms with Crippen LogP contribution < -0.4 is 10.2 Å². The first-order chi connectivity index (χ1) is 14.5. The lowest BCUT2D eigenvalue weighted by atomic mass is 9.80. The summed E-state index contributed by atoms with van der Waals surface area (Å²) in [5.41, 5.74) is 2.80. The van der Waals surface area contributed by atoms with E-state index in [2.05, 4.69) is 28.2 Å². The van der Waals surface area contributed by atoms with E-state index in [1.54, 1.807) is 0 Å². The van der Waals surface area contributed by atoms with Gasteiger partial charge in [0.2, 0.25) is 5.91 Å². The zero-order valence-electron chi connectivity index (χ0n) is 17.3. The molecule has 0 aromatic heterocycles. The van der Waals surface area contributed by atoms with Gasteiger partial charge in [-0.1, -0.05) is 60.1 Å². The minimum absolute atomic E-state index is 0.0825. The molecule has 2 aromatic carbocycles. The standard InChI is InChI=1S/C24H27BrN2O3/c1-3-21(28)27-20-12-11-18(25)13-19(20)22(15(2)23(27)17-9-10-17)26-24(29)30-14-16-7-5-4-6-8-16/h4-8,11-13,15,17,22-23H,3,9-10,14H2,1-2H3,(H,26,29)/t15-,22?,23?/m1/s1. The van der Waals surface area contributed by atoms with Gasteiger partial charge in [0.1, 0.15) is 6.61 Å². The lowest BCUT2D eigenvalue weighted by Gasteiger charge is -2.45. The lowest BCUT2D eigenvalue weighted by Crippen LogP contribution is -2.53. The number of carbonyl (C=O) groups is 2. The first-order valence-electron chi connectivity index (χ1n) is 10.6. The summed E-state index contributed by atoms with van der Waals surface area (Å²) in [6.07, 6.45) is 2.27. The number of ether oxygens (including phenoxy) is 1. The van der Waals surface area contributed by atoms with Crippen LogP contribution in [0.15, 0.2) is 53.0 Å². The molecule has 0 radical (unpaired) electrons. The summed E-state index contributed by atoms with van der Waals surface area (Å²) in [5, 5.41) is 3.09. The second-order valence-electron chi connectivity index (χ2n) is 8.19. The zero-order valence-corrected chi connectivity index (χ0v) is 18.9. The topological polar surface area (TPSA) is 58.6 Å². The molecule has 1 N–H and O–H groups in total. The number of fused-ring (bicyclic) bond motifs is 1. The minimum Gasteiger partial charge on any atom is -0.445 e. The van der Waals surface area contributed by atoms with Gasteiger partial charge in [0, 0.05) is 28.5 Å². The van der Waals surface area contributed by atoms with Crippen LogP contribution in [0.3, 0.4) is 0 Å². The number of nitrogens with zero attached hydrogens (tertiary/aromatic N) is 1. The van der Waals surface area contributed by atoms with E-state index >= 15 is 0 Å². The van der Waals surface area contributed by atoms with Gasteiger partial charge in [-0.15, -0.1) is 0 Å². The molecule has 0 saturated heterocycles. The summed E-state index contributed by atoms with van der Waals surface area (Å²) in [5.74, 6) is 0.698. The molecule has 6 heteroatoms. The molecule has 1 fully saturated rings. The third-order valence-corrected chi connectivity index (χ3v) is 6.60. The van der Waals surface area contributed by atoms with Crippen molar-refractivity contribution in [2.45, 2.75) is 51.8 Å². The monoisotopic (exact) mass is 470 g/mol. The maximum absolute atomic E-state index is 12.9. The van der Waals surface area contributed by atoms with Crippen LogP contribution in [-0.2, 0) is 16.1 Å². The Bertz CT molecular complexity index is 929. The minimum atomic E-state index is -0.438. The molecule has 1 aliphatic heterocycles. The number of amides is 2. The molecule has 1 heterocycles. The normalized spacial score (nSPS) is 22.9. The number of hydrogen-bond acceptors (Lipinski definition) is 3. The van der Waals surface area contributed by atoms with Crippen LogP contribution in [0.1, 0.15) is 50.3 Å². The molecule has 2 aliphatic rings. The highest BCUT2D eigenvalue weighted by Crippen LogP contribution is 2.49. The van der Waals surface area contributed by atoms with E-state index in [1.165, 1.54) is 0 Å². The highest BCUT2D eigenvalue weighted by Gasteiger charge is 2.48. The summed E-state index contributed by atoms with van der Waals surface area (Å²) in [6.45, 7) is 4.26. The molecule has 0 bridgehead atoms. The Morgan fingerprint density at radius 3 is 2.57 bits per heavy atom. The summed E-state index contributed by atoms with van der Waals surface area (Å²) in [6, 6.07) is 15.5. The Balaban J connectivity index is 1.60. The van der Waals surface area contributed by atoms with Crippen LogP contribution in [0.5, 0.6) is 0 Å². The van der Waals surface area contributed by atoms with Gasteiger partial charge in [-0.2, -0.15) is 0 Å². The summed E-state index contributed by atoms with van der Waals surface area (Å²) < 4.78 is 6.41. The van der Waals surface area contributed by atoms with Crippen LogP contribution in [0.25, 0.3) is 0 Å². The Morgan fingerprint density at radius 1 is 1.17 bits per heavy atom. The van der Waals surface area contributed by atoms with Crippen molar-refractivity contribution in [1.29, 1.82) is 0 Å². The lowest BCUT2D eigenvalue weighted by molar-refractivity contribution is -0.119. The molecule has 1 aliphatic carbocycles. The predicted molar refractivity (Wildman–Crippen MR) is 120 cm³/mol. The van der Waals surface area contributed by atoms with Gasteiger partial charge >= 0.3 is 6.09 Å². The molecule has 4 rings (SSSR count). The zero-order chi connectivity index (χ0) is 21.3. The number of benzene rings is 2. The van der Waals surface area contributed by atoms with E-state index in [0.29, 0.717) is 12.3 Å². The average Bonchev–Trinajstić information content (AvgIpc) is 3.59.